The molecule has 0 amide bonds. The van der Waals surface area contributed by atoms with Gasteiger partial charge in [-0.05, 0) is 42.2 Å². The van der Waals surface area contributed by atoms with E-state index in [0.29, 0.717) is 0 Å². The first kappa shape index (κ1) is 15.1. The average molecular weight is 288 g/mol. The third-order valence-electron chi connectivity index (χ3n) is 5.29. The molecule has 2 fully saturated rings. The second kappa shape index (κ2) is 6.93. The zero-order chi connectivity index (χ0) is 14.7. The van der Waals surface area contributed by atoms with Crippen LogP contribution >= 0.6 is 0 Å². The van der Waals surface area contributed by atoms with Crippen LogP contribution in [0.1, 0.15) is 74.8 Å². The third-order valence-corrected chi connectivity index (χ3v) is 5.29. The summed E-state index contributed by atoms with van der Waals surface area (Å²) in [6, 6.07) is 7.02. The monoisotopic (exact) mass is 288 g/mol. The summed E-state index contributed by atoms with van der Waals surface area (Å²) in [5, 5.41) is 0. The van der Waals surface area contributed by atoms with Crippen molar-refractivity contribution in [3.05, 3.63) is 34.9 Å². The summed E-state index contributed by atoms with van der Waals surface area (Å²) in [6.07, 6.45) is 7.79. The van der Waals surface area contributed by atoms with Crippen molar-refractivity contribution in [3.8, 4) is 0 Å². The van der Waals surface area contributed by atoms with Gasteiger partial charge >= 0.3 is 0 Å². The largest absolute Gasteiger partial charge is 0.346 e. The molecule has 0 N–H and O–H groups in total. The lowest BCUT2D eigenvalue weighted by Gasteiger charge is -2.32. The molecule has 0 aromatic heterocycles. The molecule has 2 nitrogen and oxygen atoms in total. The lowest BCUT2D eigenvalue weighted by molar-refractivity contribution is -0.0447. The Hall–Kier alpha value is -0.860. The SMILES string of the molecule is CCc1cc(C2CCCCC2CC)ccc1C1OCCO1. The Labute approximate surface area is 128 Å². The third kappa shape index (κ3) is 3.17. The Morgan fingerprint density at radius 1 is 1.05 bits per heavy atom. The molecule has 1 aliphatic heterocycles. The molecule has 2 unspecified atom stereocenters. The molecule has 2 aliphatic rings. The van der Waals surface area contributed by atoms with Crippen LogP contribution in [0.25, 0.3) is 0 Å². The molecule has 1 saturated heterocycles. The summed E-state index contributed by atoms with van der Waals surface area (Å²) in [6.45, 7) is 6.01. The minimum Gasteiger partial charge on any atom is -0.346 e. The minimum absolute atomic E-state index is 0.137. The number of benzene rings is 1. The fraction of sp³-hybridized carbons (Fsp3) is 0.684. The van der Waals surface area contributed by atoms with Crippen LogP contribution in [0, 0.1) is 5.92 Å². The first-order valence-electron chi connectivity index (χ1n) is 8.69. The highest BCUT2D eigenvalue weighted by atomic mass is 16.7. The fourth-order valence-corrected chi connectivity index (χ4v) is 4.07. The summed E-state index contributed by atoms with van der Waals surface area (Å²) < 4.78 is 11.4. The van der Waals surface area contributed by atoms with Crippen molar-refractivity contribution in [2.24, 2.45) is 5.92 Å². The predicted octanol–water partition coefficient (Wildman–Crippen LogP) is 4.98. The number of ether oxygens (including phenoxy) is 2. The van der Waals surface area contributed by atoms with Crippen molar-refractivity contribution < 1.29 is 9.47 Å². The van der Waals surface area contributed by atoms with E-state index in [1.807, 2.05) is 0 Å². The standard InChI is InChI=1S/C19H28O2/c1-3-14-7-5-6-8-17(14)16-9-10-18(15(4-2)13-16)19-20-11-12-21-19/h9-10,13-14,17,19H,3-8,11-12H2,1-2H3. The molecule has 3 rings (SSSR count). The van der Waals surface area contributed by atoms with Crippen LogP contribution in [0.15, 0.2) is 18.2 Å². The molecule has 116 valence electrons. The van der Waals surface area contributed by atoms with E-state index in [1.165, 1.54) is 43.2 Å². The van der Waals surface area contributed by atoms with Crippen molar-refractivity contribution in [2.45, 2.75) is 64.6 Å². The maximum absolute atomic E-state index is 5.69. The van der Waals surface area contributed by atoms with Crippen molar-refractivity contribution in [1.82, 2.24) is 0 Å². The molecule has 1 aromatic rings. The minimum atomic E-state index is -0.137. The summed E-state index contributed by atoms with van der Waals surface area (Å²) in [5.41, 5.74) is 4.18. The molecule has 0 spiro atoms. The predicted molar refractivity (Wildman–Crippen MR) is 85.5 cm³/mol. The molecule has 1 aromatic carbocycles. The molecule has 1 aliphatic carbocycles. The average Bonchev–Trinajstić information content (AvgIpc) is 3.08. The van der Waals surface area contributed by atoms with Gasteiger partial charge in [0.25, 0.3) is 0 Å². The van der Waals surface area contributed by atoms with Gasteiger partial charge in [0.15, 0.2) is 6.29 Å². The molecule has 2 atom stereocenters. The van der Waals surface area contributed by atoms with E-state index in [4.69, 9.17) is 9.47 Å². The van der Waals surface area contributed by atoms with E-state index >= 15 is 0 Å². The smallest absolute Gasteiger partial charge is 0.184 e. The van der Waals surface area contributed by atoms with Gasteiger partial charge in [-0.2, -0.15) is 0 Å². The Bertz CT molecular complexity index is 463. The van der Waals surface area contributed by atoms with Gasteiger partial charge in [-0.1, -0.05) is 51.3 Å². The molecule has 21 heavy (non-hydrogen) atoms. The zero-order valence-electron chi connectivity index (χ0n) is 13.4. The number of rotatable bonds is 4. The summed E-state index contributed by atoms with van der Waals surface area (Å²) in [5.74, 6) is 1.63. The highest BCUT2D eigenvalue weighted by molar-refractivity contribution is 5.35. The van der Waals surface area contributed by atoms with Crippen LogP contribution in [0.2, 0.25) is 0 Å². The number of hydrogen-bond donors (Lipinski definition) is 0. The van der Waals surface area contributed by atoms with E-state index in [-0.39, 0.29) is 6.29 Å². The summed E-state index contributed by atoms with van der Waals surface area (Å²) in [7, 11) is 0. The molecule has 1 saturated carbocycles. The number of hydrogen-bond acceptors (Lipinski definition) is 2. The quantitative estimate of drug-likeness (QED) is 0.778. The van der Waals surface area contributed by atoms with Gasteiger partial charge in [-0.25, -0.2) is 0 Å². The van der Waals surface area contributed by atoms with Crippen LogP contribution in [0.5, 0.6) is 0 Å². The van der Waals surface area contributed by atoms with E-state index in [1.54, 1.807) is 5.56 Å². The maximum atomic E-state index is 5.69. The molecule has 0 bridgehead atoms. The van der Waals surface area contributed by atoms with Crippen molar-refractivity contribution in [2.75, 3.05) is 13.2 Å². The van der Waals surface area contributed by atoms with E-state index in [0.717, 1.165) is 31.5 Å². The van der Waals surface area contributed by atoms with E-state index in [9.17, 15) is 0 Å². The second-order valence-electron chi connectivity index (χ2n) is 6.44. The Morgan fingerprint density at radius 2 is 1.81 bits per heavy atom. The summed E-state index contributed by atoms with van der Waals surface area (Å²) >= 11 is 0. The first-order valence-corrected chi connectivity index (χ1v) is 8.69. The van der Waals surface area contributed by atoms with Crippen molar-refractivity contribution in [3.63, 3.8) is 0 Å². The lowest BCUT2D eigenvalue weighted by Crippen LogP contribution is -2.17. The highest BCUT2D eigenvalue weighted by Crippen LogP contribution is 2.40. The zero-order valence-corrected chi connectivity index (χ0v) is 13.4. The van der Waals surface area contributed by atoms with Crippen LogP contribution < -0.4 is 0 Å². The van der Waals surface area contributed by atoms with E-state index in [2.05, 4.69) is 32.0 Å². The van der Waals surface area contributed by atoms with Gasteiger partial charge in [0.2, 0.25) is 0 Å². The van der Waals surface area contributed by atoms with Gasteiger partial charge in [0.1, 0.15) is 0 Å². The van der Waals surface area contributed by atoms with Crippen molar-refractivity contribution in [1.29, 1.82) is 0 Å². The van der Waals surface area contributed by atoms with Gasteiger partial charge in [-0.3, -0.25) is 0 Å². The first-order chi connectivity index (χ1) is 10.3. The van der Waals surface area contributed by atoms with Crippen LogP contribution in [-0.2, 0) is 15.9 Å². The highest BCUT2D eigenvalue weighted by Gasteiger charge is 2.27. The second-order valence-corrected chi connectivity index (χ2v) is 6.44. The maximum Gasteiger partial charge on any atom is 0.184 e. The topological polar surface area (TPSA) is 18.5 Å². The van der Waals surface area contributed by atoms with E-state index < -0.39 is 0 Å². The molecule has 0 radical (unpaired) electrons. The lowest BCUT2D eigenvalue weighted by atomic mass is 9.74. The van der Waals surface area contributed by atoms with Gasteiger partial charge in [0.05, 0.1) is 13.2 Å². The molecular formula is C19H28O2. The Morgan fingerprint density at radius 3 is 2.52 bits per heavy atom. The van der Waals surface area contributed by atoms with Crippen molar-refractivity contribution >= 4 is 0 Å². The van der Waals surface area contributed by atoms with Crippen LogP contribution in [0.3, 0.4) is 0 Å². The molecule has 2 heteroatoms. The molecular weight excluding hydrogens is 260 g/mol. The van der Waals surface area contributed by atoms with Gasteiger partial charge in [0, 0.05) is 5.56 Å². The Kier molecular flexibility index (Phi) is 4.97. The normalized spacial score (nSPS) is 27.1. The summed E-state index contributed by atoms with van der Waals surface area (Å²) in [4.78, 5) is 0. The Balaban J connectivity index is 1.86. The van der Waals surface area contributed by atoms with Gasteiger partial charge in [-0.15, -0.1) is 0 Å². The van der Waals surface area contributed by atoms with Gasteiger partial charge < -0.3 is 9.47 Å². The van der Waals surface area contributed by atoms with Crippen LogP contribution in [0.4, 0.5) is 0 Å². The molecule has 1 heterocycles. The fourth-order valence-electron chi connectivity index (χ4n) is 4.07. The van der Waals surface area contributed by atoms with Crippen LogP contribution in [-0.4, -0.2) is 13.2 Å². The number of aryl methyl sites for hydroxylation is 1.